The number of phosphoric ester groups is 1. The van der Waals surface area contributed by atoms with Crippen molar-refractivity contribution in [2.75, 3.05) is 41.0 Å². The van der Waals surface area contributed by atoms with Gasteiger partial charge in [0.1, 0.15) is 12.6 Å². The molecule has 0 amide bonds. The van der Waals surface area contributed by atoms with Crippen molar-refractivity contribution in [3.63, 3.8) is 0 Å². The molecule has 0 aliphatic carbocycles. The Morgan fingerprint density at radius 2 is 1.94 bits per heavy atom. The normalized spacial score (nSPS) is 15.2. The largest absolute Gasteiger partial charge is 0.469 e. The molecule has 0 bridgehead atoms. The van der Waals surface area contributed by atoms with Gasteiger partial charge in [-0.2, -0.15) is 0 Å². The zero-order valence-corrected chi connectivity index (χ0v) is 12.5. The van der Waals surface area contributed by atoms with Gasteiger partial charge >= 0.3 is 7.82 Å². The zero-order chi connectivity index (χ0) is 14.2. The van der Waals surface area contributed by atoms with E-state index in [2.05, 4.69) is 4.52 Å². The number of quaternary nitrogens is 1. The van der Waals surface area contributed by atoms with Crippen molar-refractivity contribution < 1.29 is 28.1 Å². The number of allylic oxidation sites excluding steroid dienone is 1. The van der Waals surface area contributed by atoms with Gasteiger partial charge in [-0.05, 0) is 6.92 Å². The van der Waals surface area contributed by atoms with Crippen LogP contribution in [0.25, 0.3) is 0 Å². The standard InChI is InChI=1S/C11H24NO5P/c1-5-6-8-16-9-7-11(12(2,3)4)10-17-18(13,14)15/h5-6,11H,7-10H2,1-4H3,(H-,13,14,15)/p+1/b6-5+. The third-order valence-electron chi connectivity index (χ3n) is 2.58. The van der Waals surface area contributed by atoms with Gasteiger partial charge in [0.05, 0.1) is 34.4 Å². The van der Waals surface area contributed by atoms with Gasteiger partial charge in [0.2, 0.25) is 0 Å². The Morgan fingerprint density at radius 3 is 2.39 bits per heavy atom. The summed E-state index contributed by atoms with van der Waals surface area (Å²) in [5.74, 6) is 0. The summed E-state index contributed by atoms with van der Waals surface area (Å²) in [7, 11) is 1.47. The van der Waals surface area contributed by atoms with Gasteiger partial charge in [0.15, 0.2) is 0 Å². The lowest BCUT2D eigenvalue weighted by atomic mass is 10.2. The van der Waals surface area contributed by atoms with Crippen LogP contribution < -0.4 is 0 Å². The van der Waals surface area contributed by atoms with E-state index < -0.39 is 7.82 Å². The SMILES string of the molecule is C/C=C/COCCC(COP(=O)(O)O)[N+](C)(C)C. The number of likely N-dealkylation sites (N-methyl/N-ethyl adjacent to an activating group) is 1. The minimum absolute atomic E-state index is 0.0146. The number of rotatable bonds is 9. The Balaban J connectivity index is 4.13. The summed E-state index contributed by atoms with van der Waals surface area (Å²) in [4.78, 5) is 17.4. The first-order valence-corrected chi connectivity index (χ1v) is 7.40. The molecule has 2 N–H and O–H groups in total. The van der Waals surface area contributed by atoms with E-state index in [0.717, 1.165) is 0 Å². The molecule has 18 heavy (non-hydrogen) atoms. The molecule has 1 unspecified atom stereocenters. The highest BCUT2D eigenvalue weighted by atomic mass is 31.2. The lowest BCUT2D eigenvalue weighted by Crippen LogP contribution is -2.48. The lowest BCUT2D eigenvalue weighted by Gasteiger charge is -2.33. The Bertz CT molecular complexity index is 294. The lowest BCUT2D eigenvalue weighted by molar-refractivity contribution is -0.896. The monoisotopic (exact) mass is 282 g/mol. The highest BCUT2D eigenvalue weighted by Gasteiger charge is 2.27. The minimum atomic E-state index is -4.40. The number of hydrogen-bond donors (Lipinski definition) is 2. The van der Waals surface area contributed by atoms with E-state index >= 15 is 0 Å². The fourth-order valence-electron chi connectivity index (χ4n) is 1.34. The number of nitrogens with zero attached hydrogens (tertiary/aromatic N) is 1. The highest BCUT2D eigenvalue weighted by Crippen LogP contribution is 2.36. The minimum Gasteiger partial charge on any atom is -0.377 e. The maximum absolute atomic E-state index is 10.7. The van der Waals surface area contributed by atoms with E-state index in [-0.39, 0.29) is 12.6 Å². The first-order chi connectivity index (χ1) is 8.17. The predicted molar refractivity (Wildman–Crippen MR) is 70.1 cm³/mol. The molecule has 6 nitrogen and oxygen atoms in total. The van der Waals surface area contributed by atoms with Crippen LogP contribution in [0.1, 0.15) is 13.3 Å². The van der Waals surface area contributed by atoms with Gasteiger partial charge in [-0.15, -0.1) is 0 Å². The summed E-state index contributed by atoms with van der Waals surface area (Å²) in [5.41, 5.74) is 0. The third-order valence-corrected chi connectivity index (χ3v) is 3.06. The van der Waals surface area contributed by atoms with Crippen LogP contribution in [0.2, 0.25) is 0 Å². The zero-order valence-electron chi connectivity index (χ0n) is 11.6. The number of phosphoric acid groups is 1. The van der Waals surface area contributed by atoms with Crippen LogP contribution in [0.4, 0.5) is 0 Å². The highest BCUT2D eigenvalue weighted by molar-refractivity contribution is 7.46. The van der Waals surface area contributed by atoms with Crippen molar-refractivity contribution in [3.8, 4) is 0 Å². The maximum atomic E-state index is 10.7. The average molecular weight is 282 g/mol. The van der Waals surface area contributed by atoms with Gasteiger partial charge in [-0.25, -0.2) is 4.57 Å². The smallest absolute Gasteiger partial charge is 0.377 e. The molecule has 0 saturated heterocycles. The molecule has 0 aromatic heterocycles. The molecule has 108 valence electrons. The van der Waals surface area contributed by atoms with E-state index in [9.17, 15) is 4.57 Å². The molecule has 7 heteroatoms. The fraction of sp³-hybridized carbons (Fsp3) is 0.818. The summed E-state index contributed by atoms with van der Waals surface area (Å²) in [5, 5.41) is 0. The number of hydrogen-bond acceptors (Lipinski definition) is 3. The van der Waals surface area contributed by atoms with Crippen LogP contribution in [0.5, 0.6) is 0 Å². The molecule has 0 heterocycles. The van der Waals surface area contributed by atoms with E-state index in [1.54, 1.807) is 0 Å². The topological polar surface area (TPSA) is 76.0 Å². The Kier molecular flexibility index (Phi) is 7.94. The summed E-state index contributed by atoms with van der Waals surface area (Å²) < 4.78 is 21.2. The molecule has 0 radical (unpaired) electrons. The van der Waals surface area contributed by atoms with Crippen LogP contribution in [-0.4, -0.2) is 61.3 Å². The van der Waals surface area contributed by atoms with Crippen molar-refractivity contribution in [2.24, 2.45) is 0 Å². The van der Waals surface area contributed by atoms with Crippen molar-refractivity contribution in [1.82, 2.24) is 0 Å². The fourth-order valence-corrected chi connectivity index (χ4v) is 1.71. The molecule has 0 aliphatic rings. The van der Waals surface area contributed by atoms with Crippen molar-refractivity contribution in [2.45, 2.75) is 19.4 Å². The summed E-state index contributed by atoms with van der Waals surface area (Å²) in [6.07, 6.45) is 4.50. The van der Waals surface area contributed by atoms with Crippen LogP contribution in [0.15, 0.2) is 12.2 Å². The molecular formula is C11H25NO5P+. The van der Waals surface area contributed by atoms with E-state index in [1.165, 1.54) is 0 Å². The van der Waals surface area contributed by atoms with Gasteiger partial charge in [0.25, 0.3) is 0 Å². The quantitative estimate of drug-likeness (QED) is 0.287. The molecule has 0 aliphatic heterocycles. The Labute approximate surface area is 109 Å². The van der Waals surface area contributed by atoms with Crippen molar-refractivity contribution in [1.29, 1.82) is 0 Å². The van der Waals surface area contributed by atoms with Gasteiger partial charge in [-0.3, -0.25) is 4.52 Å². The molecule has 0 saturated carbocycles. The van der Waals surface area contributed by atoms with Gasteiger partial charge in [-0.1, -0.05) is 12.2 Å². The number of ether oxygens (including phenoxy) is 1. The van der Waals surface area contributed by atoms with Crippen molar-refractivity contribution in [3.05, 3.63) is 12.2 Å². The van der Waals surface area contributed by atoms with Gasteiger partial charge in [0, 0.05) is 6.42 Å². The van der Waals surface area contributed by atoms with Gasteiger partial charge < -0.3 is 19.0 Å². The Hall–Kier alpha value is -0.230. The maximum Gasteiger partial charge on any atom is 0.469 e. The molecular weight excluding hydrogens is 257 g/mol. The predicted octanol–water partition coefficient (Wildman–Crippen LogP) is 1.15. The van der Waals surface area contributed by atoms with E-state index in [1.807, 2.05) is 40.2 Å². The van der Waals surface area contributed by atoms with Crippen LogP contribution >= 0.6 is 7.82 Å². The summed E-state index contributed by atoms with van der Waals surface area (Å²) in [6.45, 7) is 3.03. The molecule has 0 aromatic carbocycles. The average Bonchev–Trinajstić information content (AvgIpc) is 2.18. The third kappa shape index (κ3) is 9.76. The Morgan fingerprint density at radius 1 is 1.33 bits per heavy atom. The van der Waals surface area contributed by atoms with Crippen LogP contribution in [0.3, 0.4) is 0 Å². The second-order valence-electron chi connectivity index (χ2n) is 4.99. The first-order valence-electron chi connectivity index (χ1n) is 5.87. The van der Waals surface area contributed by atoms with E-state index in [0.29, 0.717) is 24.1 Å². The van der Waals surface area contributed by atoms with Crippen LogP contribution in [-0.2, 0) is 13.8 Å². The molecule has 0 spiro atoms. The summed E-state index contributed by atoms with van der Waals surface area (Å²) >= 11 is 0. The molecule has 0 rings (SSSR count). The second kappa shape index (κ2) is 8.04. The second-order valence-corrected chi connectivity index (χ2v) is 6.23. The van der Waals surface area contributed by atoms with E-state index in [4.69, 9.17) is 14.5 Å². The van der Waals surface area contributed by atoms with Crippen LogP contribution in [0, 0.1) is 0 Å². The summed E-state index contributed by atoms with van der Waals surface area (Å²) in [6, 6.07) is -0.0248. The molecule has 0 fully saturated rings. The molecule has 0 aromatic rings. The van der Waals surface area contributed by atoms with Crippen molar-refractivity contribution >= 4 is 7.82 Å². The molecule has 1 atom stereocenters. The first kappa shape index (κ1) is 17.8.